The van der Waals surface area contributed by atoms with Gasteiger partial charge in [0.25, 0.3) is 0 Å². The first-order chi connectivity index (χ1) is 7.04. The second kappa shape index (κ2) is 5.26. The van der Waals surface area contributed by atoms with Gasteiger partial charge in [-0.1, -0.05) is 6.92 Å². The minimum absolute atomic E-state index is 0.0560. The summed E-state index contributed by atoms with van der Waals surface area (Å²) in [4.78, 5) is 26.2. The molecule has 0 spiro atoms. The fourth-order valence-corrected chi connectivity index (χ4v) is 1.75. The smallest absolute Gasteiger partial charge is 0.236 e. The predicted octanol–water partition coefficient (Wildman–Crippen LogP) is 0.374. The van der Waals surface area contributed by atoms with Gasteiger partial charge in [-0.25, -0.2) is 0 Å². The van der Waals surface area contributed by atoms with Crippen LogP contribution in [0.25, 0.3) is 0 Å². The number of piperazine rings is 1. The number of rotatable bonds is 4. The van der Waals surface area contributed by atoms with Crippen LogP contribution in [0, 0.1) is 5.92 Å². The van der Waals surface area contributed by atoms with E-state index in [9.17, 15) is 9.59 Å². The van der Waals surface area contributed by atoms with Crippen LogP contribution in [0.5, 0.6) is 0 Å². The van der Waals surface area contributed by atoms with Gasteiger partial charge in [0.05, 0.1) is 6.54 Å². The molecule has 0 aromatic rings. The molecule has 1 aliphatic heterocycles. The number of carbonyl (C=O) groups excluding carboxylic acids is 2. The Kier molecular flexibility index (Phi) is 4.27. The van der Waals surface area contributed by atoms with Gasteiger partial charge in [0.15, 0.2) is 0 Å². The van der Waals surface area contributed by atoms with Gasteiger partial charge >= 0.3 is 0 Å². The third kappa shape index (κ3) is 3.30. The first-order valence-corrected chi connectivity index (χ1v) is 5.51. The van der Waals surface area contributed by atoms with Crippen LogP contribution in [-0.2, 0) is 9.59 Å². The standard InChI is InChI=1S/C11H20N2O2/c1-9(2)12-4-5-13(11(15)7-12)6-10(3)8-14/h8-10H,4-7H2,1-3H3. The Labute approximate surface area is 91.2 Å². The van der Waals surface area contributed by atoms with Crippen molar-refractivity contribution in [2.45, 2.75) is 26.8 Å². The maximum absolute atomic E-state index is 11.7. The zero-order valence-electron chi connectivity index (χ0n) is 9.77. The Bertz CT molecular complexity index is 241. The van der Waals surface area contributed by atoms with E-state index in [1.165, 1.54) is 0 Å². The van der Waals surface area contributed by atoms with Gasteiger partial charge in [0.2, 0.25) is 5.91 Å². The van der Waals surface area contributed by atoms with Gasteiger partial charge in [0.1, 0.15) is 6.29 Å². The summed E-state index contributed by atoms with van der Waals surface area (Å²) in [6.45, 7) is 8.74. The summed E-state index contributed by atoms with van der Waals surface area (Å²) in [5.74, 6) is 0.0863. The lowest BCUT2D eigenvalue weighted by molar-refractivity contribution is -0.137. The minimum atomic E-state index is -0.0560. The molecular formula is C11H20N2O2. The van der Waals surface area contributed by atoms with E-state index in [0.29, 0.717) is 19.1 Å². The van der Waals surface area contributed by atoms with Crippen molar-refractivity contribution in [2.75, 3.05) is 26.2 Å². The molecule has 1 aliphatic rings. The molecular weight excluding hydrogens is 192 g/mol. The summed E-state index contributed by atoms with van der Waals surface area (Å²) in [7, 11) is 0. The van der Waals surface area contributed by atoms with Gasteiger partial charge in [-0.05, 0) is 13.8 Å². The van der Waals surface area contributed by atoms with E-state index in [1.807, 2.05) is 6.92 Å². The van der Waals surface area contributed by atoms with Crippen LogP contribution in [0.4, 0.5) is 0 Å². The minimum Gasteiger partial charge on any atom is -0.340 e. The third-order valence-electron chi connectivity index (χ3n) is 2.82. The van der Waals surface area contributed by atoms with Crippen molar-refractivity contribution in [3.8, 4) is 0 Å². The fraction of sp³-hybridized carbons (Fsp3) is 0.818. The normalized spacial score (nSPS) is 20.8. The molecule has 1 unspecified atom stereocenters. The molecule has 1 saturated heterocycles. The van der Waals surface area contributed by atoms with E-state index >= 15 is 0 Å². The van der Waals surface area contributed by atoms with Gasteiger partial charge < -0.3 is 9.69 Å². The van der Waals surface area contributed by atoms with Gasteiger partial charge in [0, 0.05) is 31.6 Å². The molecule has 1 rings (SSSR count). The molecule has 0 aromatic carbocycles. The number of carbonyl (C=O) groups is 2. The molecule has 0 radical (unpaired) electrons. The summed E-state index contributed by atoms with van der Waals surface area (Å²) in [5, 5.41) is 0. The molecule has 0 N–H and O–H groups in total. The maximum Gasteiger partial charge on any atom is 0.236 e. The van der Waals surface area contributed by atoms with E-state index in [1.54, 1.807) is 4.90 Å². The second-order valence-electron chi connectivity index (χ2n) is 4.52. The average Bonchev–Trinajstić information content (AvgIpc) is 2.20. The highest BCUT2D eigenvalue weighted by atomic mass is 16.2. The molecule has 4 nitrogen and oxygen atoms in total. The Morgan fingerprint density at radius 1 is 1.33 bits per heavy atom. The van der Waals surface area contributed by atoms with Crippen molar-refractivity contribution >= 4 is 12.2 Å². The van der Waals surface area contributed by atoms with Crippen molar-refractivity contribution in [2.24, 2.45) is 5.92 Å². The van der Waals surface area contributed by atoms with Gasteiger partial charge in [-0.3, -0.25) is 9.69 Å². The molecule has 4 heteroatoms. The lowest BCUT2D eigenvalue weighted by Gasteiger charge is -2.36. The van der Waals surface area contributed by atoms with E-state index in [4.69, 9.17) is 0 Å². The van der Waals surface area contributed by atoms with E-state index in [0.717, 1.165) is 19.4 Å². The van der Waals surface area contributed by atoms with Crippen LogP contribution >= 0.6 is 0 Å². The summed E-state index contributed by atoms with van der Waals surface area (Å²) in [6.07, 6.45) is 0.905. The highest BCUT2D eigenvalue weighted by molar-refractivity contribution is 5.79. The summed E-state index contributed by atoms with van der Waals surface area (Å²) >= 11 is 0. The number of amides is 1. The summed E-state index contributed by atoms with van der Waals surface area (Å²) < 4.78 is 0. The third-order valence-corrected chi connectivity index (χ3v) is 2.82. The molecule has 0 aromatic heterocycles. The van der Waals surface area contributed by atoms with Crippen LogP contribution in [0.3, 0.4) is 0 Å². The Morgan fingerprint density at radius 3 is 2.47 bits per heavy atom. The van der Waals surface area contributed by atoms with Crippen LogP contribution in [-0.4, -0.2) is 54.2 Å². The quantitative estimate of drug-likeness (QED) is 0.632. The molecule has 86 valence electrons. The highest BCUT2D eigenvalue weighted by Crippen LogP contribution is 2.08. The maximum atomic E-state index is 11.7. The van der Waals surface area contributed by atoms with Crippen molar-refractivity contribution < 1.29 is 9.59 Å². The zero-order valence-corrected chi connectivity index (χ0v) is 9.77. The van der Waals surface area contributed by atoms with E-state index < -0.39 is 0 Å². The van der Waals surface area contributed by atoms with Gasteiger partial charge in [-0.2, -0.15) is 0 Å². The first kappa shape index (κ1) is 12.2. The molecule has 1 fully saturated rings. The number of hydrogen-bond donors (Lipinski definition) is 0. The molecule has 0 saturated carbocycles. The molecule has 0 aliphatic carbocycles. The predicted molar refractivity (Wildman–Crippen MR) is 58.5 cm³/mol. The molecule has 1 atom stereocenters. The van der Waals surface area contributed by atoms with Crippen LogP contribution in [0.1, 0.15) is 20.8 Å². The van der Waals surface area contributed by atoms with Crippen molar-refractivity contribution in [3.63, 3.8) is 0 Å². The summed E-state index contributed by atoms with van der Waals surface area (Å²) in [6, 6.07) is 0.416. The number of hydrogen-bond acceptors (Lipinski definition) is 3. The largest absolute Gasteiger partial charge is 0.340 e. The summed E-state index contributed by atoms with van der Waals surface area (Å²) in [5.41, 5.74) is 0. The topological polar surface area (TPSA) is 40.6 Å². The highest BCUT2D eigenvalue weighted by Gasteiger charge is 2.25. The zero-order chi connectivity index (χ0) is 11.4. The Balaban J connectivity index is 2.45. The fourth-order valence-electron chi connectivity index (χ4n) is 1.75. The van der Waals surface area contributed by atoms with Gasteiger partial charge in [-0.15, -0.1) is 0 Å². The van der Waals surface area contributed by atoms with Crippen molar-refractivity contribution in [1.82, 2.24) is 9.80 Å². The van der Waals surface area contributed by atoms with Crippen LogP contribution < -0.4 is 0 Å². The molecule has 1 heterocycles. The lowest BCUT2D eigenvalue weighted by atomic mass is 10.1. The molecule has 1 amide bonds. The van der Waals surface area contributed by atoms with E-state index in [2.05, 4.69) is 18.7 Å². The first-order valence-electron chi connectivity index (χ1n) is 5.51. The van der Waals surface area contributed by atoms with Crippen molar-refractivity contribution in [3.05, 3.63) is 0 Å². The number of aldehydes is 1. The second-order valence-corrected chi connectivity index (χ2v) is 4.52. The Morgan fingerprint density at radius 2 is 2.00 bits per heavy atom. The van der Waals surface area contributed by atoms with E-state index in [-0.39, 0.29) is 11.8 Å². The monoisotopic (exact) mass is 212 g/mol. The van der Waals surface area contributed by atoms with Crippen LogP contribution in [0.15, 0.2) is 0 Å². The SMILES string of the molecule is CC(C=O)CN1CCN(C(C)C)CC1=O. The average molecular weight is 212 g/mol. The number of nitrogens with zero attached hydrogens (tertiary/aromatic N) is 2. The molecule has 15 heavy (non-hydrogen) atoms. The van der Waals surface area contributed by atoms with Crippen LogP contribution in [0.2, 0.25) is 0 Å². The Hall–Kier alpha value is -0.900. The molecule has 0 bridgehead atoms. The lowest BCUT2D eigenvalue weighted by Crippen LogP contribution is -2.53. The van der Waals surface area contributed by atoms with Crippen molar-refractivity contribution in [1.29, 1.82) is 0 Å².